The number of nitrogens with zero attached hydrogens (tertiary/aromatic N) is 5. The summed E-state index contributed by atoms with van der Waals surface area (Å²) in [5.74, 6) is 0.342. The first-order valence-electron chi connectivity index (χ1n) is 43.8. The molecule has 19 aromatic carbocycles. The van der Waals surface area contributed by atoms with Gasteiger partial charge in [0.1, 0.15) is 22.3 Å². The number of aromatic nitrogens is 5. The van der Waals surface area contributed by atoms with E-state index in [1.54, 1.807) is 0 Å². The third-order valence-corrected chi connectivity index (χ3v) is 27.4. The molecule has 0 saturated heterocycles. The summed E-state index contributed by atoms with van der Waals surface area (Å²) >= 11 is 0. The molecule has 7 aromatic heterocycles. The van der Waals surface area contributed by atoms with Gasteiger partial charge in [-0.1, -0.05) is 262 Å². The highest BCUT2D eigenvalue weighted by atomic mass is 16.3. The van der Waals surface area contributed by atoms with Gasteiger partial charge in [-0.2, -0.15) is 0 Å². The van der Waals surface area contributed by atoms with Gasteiger partial charge in [0, 0.05) is 104 Å². The molecule has 0 aliphatic carbocycles. The van der Waals surface area contributed by atoms with Crippen LogP contribution in [0.15, 0.2) is 421 Å². The number of furan rings is 2. The molecule has 0 amide bonds. The average molecular weight is 1610 g/mol. The summed E-state index contributed by atoms with van der Waals surface area (Å²) in [5, 5.41) is 16.8. The van der Waals surface area contributed by atoms with Gasteiger partial charge in [0.25, 0.3) is 0 Å². The van der Waals surface area contributed by atoms with Gasteiger partial charge in [0.05, 0.1) is 55.2 Å². The number of hydrogen-bond donors (Lipinski definition) is 0. The molecule has 7 heterocycles. The Hall–Kier alpha value is -16.2. The molecule has 26 aromatic rings. The molecule has 7 nitrogen and oxygen atoms in total. The van der Waals surface area contributed by atoms with Crippen LogP contribution in [0.5, 0.6) is 0 Å². The minimum Gasteiger partial charge on any atom is -0.456 e. The molecule has 0 saturated carbocycles. The Kier molecular flexibility index (Phi) is 16.0. The lowest BCUT2D eigenvalue weighted by Gasteiger charge is -2.20. The monoisotopic (exact) mass is 1610 g/mol. The number of fused-ring (bicyclic) bond motifs is 23. The first-order chi connectivity index (χ1) is 62.4. The Balaban J connectivity index is 0.487. The molecule has 1 unspecified atom stereocenters. The fraction of sp³-hybridized carbons (Fsp3) is 0.0420. The zero-order chi connectivity index (χ0) is 82.9. The van der Waals surface area contributed by atoms with Crippen LogP contribution >= 0.6 is 0 Å². The maximum Gasteiger partial charge on any atom is 0.135 e. The molecule has 0 aliphatic rings. The number of para-hydroxylation sites is 7. The zero-order valence-corrected chi connectivity index (χ0v) is 69.3. The van der Waals surface area contributed by atoms with Crippen molar-refractivity contribution in [2.24, 2.45) is 0 Å². The van der Waals surface area contributed by atoms with E-state index in [9.17, 15) is 0 Å². The second-order valence-electron chi connectivity index (χ2n) is 34.1. The Bertz CT molecular complexity index is 8960. The fourth-order valence-corrected chi connectivity index (χ4v) is 21.4. The molecule has 7 heteroatoms. The third kappa shape index (κ3) is 11.0. The van der Waals surface area contributed by atoms with Crippen LogP contribution in [0.3, 0.4) is 0 Å². The van der Waals surface area contributed by atoms with E-state index in [2.05, 4.69) is 449 Å². The molecule has 0 radical (unpaired) electrons. The second-order valence-corrected chi connectivity index (χ2v) is 34.1. The van der Waals surface area contributed by atoms with E-state index in [-0.39, 0.29) is 0 Å². The summed E-state index contributed by atoms with van der Waals surface area (Å²) in [6.45, 7) is 4.64. The van der Waals surface area contributed by atoms with E-state index >= 15 is 0 Å². The van der Waals surface area contributed by atoms with Crippen molar-refractivity contribution in [1.29, 1.82) is 0 Å². The van der Waals surface area contributed by atoms with Gasteiger partial charge >= 0.3 is 0 Å². The van der Waals surface area contributed by atoms with Gasteiger partial charge in [-0.25, -0.2) is 0 Å². The molecule has 0 N–H and O–H groups in total. The molecule has 0 bridgehead atoms. The summed E-state index contributed by atoms with van der Waals surface area (Å²) in [4.78, 5) is 0. The maximum atomic E-state index is 6.60. The topological polar surface area (TPSA) is 50.9 Å². The lowest BCUT2D eigenvalue weighted by Crippen LogP contribution is -2.04. The first-order valence-corrected chi connectivity index (χ1v) is 43.8. The predicted molar refractivity (Wildman–Crippen MR) is 528 cm³/mol. The molecular weight excluding hydrogens is 1530 g/mol. The van der Waals surface area contributed by atoms with Crippen LogP contribution in [-0.2, 0) is 6.42 Å². The SMILES string of the molecule is CCC(Cc1ccccc1-c1ccc2c(c1C)c1ccccc1n2-c1ccccc1)c1ccc(-c2ccc3oc4ccc(-c5ccc(-n6c7ccccc7c7ccc8c(c9ccccc9n8-c8ccc(-c9ccc%10oc%11ccc(-c%12ccc(-n%13c%14ccccc%14c%14ccc%15c(c%16ccccc%16n%15-c%15ccccc%15)c%14%13)cc%12)cc%11c%10c9)cc8)c76)cc5)cc4c3c2)cc1. The molecule has 1 atom stereocenters. The van der Waals surface area contributed by atoms with Crippen molar-refractivity contribution >= 4 is 153 Å². The molecular formula is C119H79N5O2. The molecule has 592 valence electrons. The quantitative estimate of drug-likeness (QED) is 0.109. The molecule has 0 fully saturated rings. The number of rotatable bonds is 14. The summed E-state index contributed by atoms with van der Waals surface area (Å²) in [6, 6.07) is 152. The minimum atomic E-state index is 0.342. The molecule has 0 aliphatic heterocycles. The highest BCUT2D eigenvalue weighted by Crippen LogP contribution is 2.48. The van der Waals surface area contributed by atoms with Crippen LogP contribution in [0.25, 0.3) is 237 Å². The minimum absolute atomic E-state index is 0.342. The Labute approximate surface area is 725 Å². The maximum absolute atomic E-state index is 6.60. The first kappa shape index (κ1) is 71.5. The molecule has 0 spiro atoms. The summed E-state index contributed by atoms with van der Waals surface area (Å²) < 4.78 is 25.4. The van der Waals surface area contributed by atoms with Crippen molar-refractivity contribution in [1.82, 2.24) is 22.8 Å². The second kappa shape index (κ2) is 28.2. The van der Waals surface area contributed by atoms with E-state index < -0.39 is 0 Å². The smallest absolute Gasteiger partial charge is 0.135 e. The Morgan fingerprint density at radius 2 is 0.532 bits per heavy atom. The number of benzene rings is 19. The Morgan fingerprint density at radius 1 is 0.222 bits per heavy atom. The average Bonchev–Trinajstić information content (AvgIpc) is 1.55. The van der Waals surface area contributed by atoms with Gasteiger partial charge in [-0.3, -0.25) is 0 Å². The van der Waals surface area contributed by atoms with Crippen LogP contribution in [0, 0.1) is 6.92 Å². The van der Waals surface area contributed by atoms with Crippen LogP contribution < -0.4 is 0 Å². The van der Waals surface area contributed by atoms with Crippen LogP contribution in [0.4, 0.5) is 0 Å². The van der Waals surface area contributed by atoms with Gasteiger partial charge in [-0.15, -0.1) is 0 Å². The third-order valence-electron chi connectivity index (χ3n) is 27.4. The number of hydrogen-bond acceptors (Lipinski definition) is 2. The highest BCUT2D eigenvalue weighted by Gasteiger charge is 2.27. The Morgan fingerprint density at radius 3 is 0.937 bits per heavy atom. The molecule has 126 heavy (non-hydrogen) atoms. The van der Waals surface area contributed by atoms with E-state index in [0.717, 1.165) is 135 Å². The van der Waals surface area contributed by atoms with Crippen LogP contribution in [-0.4, -0.2) is 22.8 Å². The standard InChI is InChI=1S/C119H79N5O2/c1-3-74(68-84-22-10-11-27-91(84)90-58-61-108-115(73(90)2)96-30-14-19-35-105(96)120(108)85-23-6-4-7-24-85)75-38-40-76(41-39-75)80-48-64-111-99(69-80)100-71-82(50-66-112(100)125-111)78-46-56-89(57-47-78)124-104-34-18-13-29-93(104)95-60-63-110-117(119(95)124)98-32-16-21-37-107(98)122(110)87-52-42-77(43-53-87)81-49-65-113-101(70-81)102-72-83(51-67-114(102)126-113)79-44-54-88(55-45-79)123-103-33-17-12-28-92(103)94-59-62-109-116(118(94)123)97-31-15-20-36-106(97)121(109)86-25-8-5-9-26-86/h4-67,69-72,74H,3,68H2,1-2H3. The van der Waals surface area contributed by atoms with Gasteiger partial charge in [0.15, 0.2) is 0 Å². The predicted octanol–water partition coefficient (Wildman–Crippen LogP) is 32.4. The van der Waals surface area contributed by atoms with Crippen molar-refractivity contribution < 1.29 is 8.83 Å². The van der Waals surface area contributed by atoms with Crippen LogP contribution in [0.1, 0.15) is 36.0 Å². The highest BCUT2D eigenvalue weighted by molar-refractivity contribution is 6.28. The van der Waals surface area contributed by atoms with Crippen molar-refractivity contribution in [2.75, 3.05) is 0 Å². The normalized spacial score (nSPS) is 12.4. The zero-order valence-electron chi connectivity index (χ0n) is 69.3. The largest absolute Gasteiger partial charge is 0.456 e. The van der Waals surface area contributed by atoms with E-state index in [1.165, 1.54) is 132 Å². The van der Waals surface area contributed by atoms with Gasteiger partial charge in [0.2, 0.25) is 0 Å². The summed E-state index contributed by atoms with van der Waals surface area (Å²) in [7, 11) is 0. The van der Waals surface area contributed by atoms with Crippen molar-refractivity contribution in [3.63, 3.8) is 0 Å². The van der Waals surface area contributed by atoms with Crippen LogP contribution in [0.2, 0.25) is 0 Å². The van der Waals surface area contributed by atoms with E-state index in [4.69, 9.17) is 8.83 Å². The molecule has 26 rings (SSSR count). The summed E-state index contributed by atoms with van der Waals surface area (Å²) in [6.07, 6.45) is 1.97. The van der Waals surface area contributed by atoms with Gasteiger partial charge in [-0.05, 0) is 256 Å². The van der Waals surface area contributed by atoms with Gasteiger partial charge < -0.3 is 31.7 Å². The number of aryl methyl sites for hydroxylation is 1. The van der Waals surface area contributed by atoms with Crippen molar-refractivity contribution in [3.05, 3.63) is 429 Å². The lowest BCUT2D eigenvalue weighted by molar-refractivity contribution is 0.661. The van der Waals surface area contributed by atoms with E-state index in [1.807, 2.05) is 0 Å². The van der Waals surface area contributed by atoms with E-state index in [0.29, 0.717) is 5.92 Å². The fourth-order valence-electron chi connectivity index (χ4n) is 21.4. The lowest BCUT2D eigenvalue weighted by atomic mass is 9.85. The van der Waals surface area contributed by atoms with Crippen molar-refractivity contribution in [2.45, 2.75) is 32.6 Å². The summed E-state index contributed by atoms with van der Waals surface area (Å²) in [5.41, 5.74) is 36.8. The van der Waals surface area contributed by atoms with Crippen molar-refractivity contribution in [3.8, 4) is 84.1 Å².